The lowest BCUT2D eigenvalue weighted by Gasteiger charge is -2.27. The van der Waals surface area contributed by atoms with E-state index in [9.17, 15) is 48.3 Å². The van der Waals surface area contributed by atoms with Crippen molar-refractivity contribution < 1.29 is 62.5 Å². The molecule has 0 aliphatic rings. The second-order valence-electron chi connectivity index (χ2n) is 23.9. The number of urea groups is 1. The molecule has 472 valence electrons. The molecule has 3 aromatic carbocycles. The third kappa shape index (κ3) is 31.8. The molecule has 0 aliphatic heterocycles. The van der Waals surface area contributed by atoms with Crippen molar-refractivity contribution in [3.8, 4) is 5.75 Å². The van der Waals surface area contributed by atoms with Crippen LogP contribution in [0.25, 0.3) is 10.4 Å². The lowest BCUT2D eigenvalue weighted by molar-refractivity contribution is -0.159. The number of ether oxygens (including phenoxy) is 3. The van der Waals surface area contributed by atoms with Crippen molar-refractivity contribution in [2.75, 3.05) is 26.2 Å². The summed E-state index contributed by atoms with van der Waals surface area (Å²) in [6.45, 7) is 16.5. The predicted molar refractivity (Wildman–Crippen MR) is 325 cm³/mol. The molecule has 23 nitrogen and oxygen atoms in total. The van der Waals surface area contributed by atoms with Gasteiger partial charge >= 0.3 is 23.9 Å². The van der Waals surface area contributed by atoms with E-state index in [0.717, 1.165) is 11.1 Å². The highest BCUT2D eigenvalue weighted by molar-refractivity contribution is 6.30. The number of nitrogens with zero attached hydrogens (tertiary/aromatic N) is 4. The van der Waals surface area contributed by atoms with E-state index in [1.807, 2.05) is 18.2 Å². The van der Waals surface area contributed by atoms with Gasteiger partial charge in [0.25, 0.3) is 0 Å². The maximum atomic E-state index is 13.9. The first kappa shape index (κ1) is 72.3. The Morgan fingerprint density at radius 3 is 1.70 bits per heavy atom. The molecule has 86 heavy (non-hydrogen) atoms. The molecule has 0 fully saturated rings. The molecule has 0 saturated heterocycles. The number of phenolic OH excluding ortho intramolecular Hbond substituents is 1. The van der Waals surface area contributed by atoms with Crippen molar-refractivity contribution in [1.29, 1.82) is 0 Å². The molecule has 4 atom stereocenters. The van der Waals surface area contributed by atoms with Crippen LogP contribution in [-0.2, 0) is 72.0 Å². The number of unbranched alkanes of at least 4 members (excludes halogenated alkanes) is 3. The number of hydrogen-bond donors (Lipinski definition) is 7. The molecule has 24 heteroatoms. The van der Waals surface area contributed by atoms with Crippen molar-refractivity contribution in [3.05, 3.63) is 111 Å². The van der Waals surface area contributed by atoms with Crippen molar-refractivity contribution >= 4 is 65.1 Å². The first-order chi connectivity index (χ1) is 40.5. The summed E-state index contributed by atoms with van der Waals surface area (Å²) < 4.78 is 16.6. The van der Waals surface area contributed by atoms with Crippen LogP contribution in [0.3, 0.4) is 0 Å². The van der Waals surface area contributed by atoms with Crippen LogP contribution in [0, 0.1) is 0 Å². The van der Waals surface area contributed by atoms with Crippen LogP contribution < -0.4 is 31.9 Å². The van der Waals surface area contributed by atoms with Crippen LogP contribution in [0.5, 0.6) is 5.75 Å². The maximum Gasteiger partial charge on any atom is 0.329 e. The van der Waals surface area contributed by atoms with Crippen LogP contribution in [0.1, 0.15) is 156 Å². The van der Waals surface area contributed by atoms with Crippen molar-refractivity contribution in [2.24, 2.45) is 5.11 Å². The van der Waals surface area contributed by atoms with E-state index in [1.165, 1.54) is 12.1 Å². The van der Waals surface area contributed by atoms with Crippen molar-refractivity contribution in [1.82, 2.24) is 36.8 Å². The SMILES string of the molecule is CC(C)(C)OC(=O)CC[C@H](NC(=O)N[C@@H](CCCCN(Cc1ccc(Cl)cc1)C(=O)CCCCCNC(=O)CCC(=O)N[C@@H](Cc1ccccc1)C(=O)N[C@@H](Cc1ccc(O)cc1)C(=O)NCCCN=[N+]=[N-])C(=O)OC(C)(C)C)C(=O)OC(C)(C)C. The summed E-state index contributed by atoms with van der Waals surface area (Å²) in [5, 5.41) is 30.1. The minimum Gasteiger partial charge on any atom is -0.508 e. The Bertz CT molecular complexity index is 2720. The summed E-state index contributed by atoms with van der Waals surface area (Å²) in [4.78, 5) is 125. The Hall–Kier alpha value is -7.91. The second-order valence-corrected chi connectivity index (χ2v) is 24.3. The normalized spacial score (nSPS) is 12.8. The lowest BCUT2D eigenvalue weighted by atomic mass is 10.0. The standard InChI is InChI=1S/C62H89ClN10O13/c1-60(2,3)84-54(78)34-31-48(58(82)86-62(7,8)9)71-59(83)70-47(57(81)85-61(4,5)6)21-15-17-38-73(41-44-23-27-45(63)28-24-44)53(77)22-14-11-16-35-65-51(75)32-33-52(76)68-50(39-42-19-12-10-13-20-42)56(80)69-49(40-43-25-29-46(74)30-26-43)55(79)66-36-18-37-67-72-64/h10,12-13,19-20,23-30,47-50,74H,11,14-18,21-22,31-41H2,1-9H3,(H,65,75)(H,66,79)(H,68,76)(H,69,80)(H2,70,71,83)/t47-,48-,49-,50-/m0/s1. The fourth-order valence-corrected chi connectivity index (χ4v) is 8.62. The number of hydrogen-bond acceptors (Lipinski definition) is 14. The number of aromatic hydroxyl groups is 1. The number of nitrogens with one attached hydrogen (secondary N) is 6. The van der Waals surface area contributed by atoms with Crippen LogP contribution in [0.2, 0.25) is 5.02 Å². The van der Waals surface area contributed by atoms with Crippen molar-refractivity contribution in [3.63, 3.8) is 0 Å². The topological polar surface area (TPSA) is 326 Å². The average Bonchev–Trinajstić information content (AvgIpc) is 3.55. The molecule has 0 aromatic heterocycles. The van der Waals surface area contributed by atoms with E-state index in [1.54, 1.807) is 116 Å². The Morgan fingerprint density at radius 2 is 1.10 bits per heavy atom. The summed E-state index contributed by atoms with van der Waals surface area (Å²) in [6.07, 6.45) is 2.60. The molecule has 0 unspecified atom stereocenters. The Labute approximate surface area is 510 Å². The molecular weight excluding hydrogens is 1130 g/mol. The van der Waals surface area contributed by atoms with Gasteiger partial charge < -0.3 is 56.1 Å². The molecule has 7 amide bonds. The number of phenols is 1. The van der Waals surface area contributed by atoms with E-state index < -0.39 is 82.6 Å². The third-order valence-electron chi connectivity index (χ3n) is 12.6. The number of azide groups is 1. The van der Waals surface area contributed by atoms with Crippen LogP contribution in [0.4, 0.5) is 4.79 Å². The summed E-state index contributed by atoms with van der Waals surface area (Å²) >= 11 is 6.17. The van der Waals surface area contributed by atoms with E-state index in [2.05, 4.69) is 41.9 Å². The number of carbonyl (C=O) groups is 9. The maximum absolute atomic E-state index is 13.9. The fraction of sp³-hybridized carbons (Fsp3) is 0.565. The molecule has 3 rings (SSSR count). The Morgan fingerprint density at radius 1 is 0.558 bits per heavy atom. The molecule has 0 heterocycles. The van der Waals surface area contributed by atoms with E-state index in [4.69, 9.17) is 31.3 Å². The lowest BCUT2D eigenvalue weighted by Crippen LogP contribution is -2.55. The molecule has 0 aliphatic carbocycles. The number of halogens is 1. The number of esters is 3. The Balaban J connectivity index is 1.58. The van der Waals surface area contributed by atoms with Gasteiger partial charge in [0.05, 0.1) is 0 Å². The van der Waals surface area contributed by atoms with Gasteiger partial charge in [-0.05, 0) is 154 Å². The van der Waals surface area contributed by atoms with E-state index in [-0.39, 0.29) is 95.1 Å². The predicted octanol–water partition coefficient (Wildman–Crippen LogP) is 8.11. The second kappa shape index (κ2) is 36.8. The molecule has 0 bridgehead atoms. The van der Waals surface area contributed by atoms with Gasteiger partial charge in [0.1, 0.15) is 46.7 Å². The van der Waals surface area contributed by atoms with Crippen molar-refractivity contribution in [2.45, 2.75) is 200 Å². The molecule has 3 aromatic rings. The number of amides is 7. The van der Waals surface area contributed by atoms with Gasteiger partial charge in [0.15, 0.2) is 0 Å². The molecule has 7 N–H and O–H groups in total. The largest absolute Gasteiger partial charge is 0.508 e. The number of carbonyl (C=O) groups excluding carboxylic acids is 9. The summed E-state index contributed by atoms with van der Waals surface area (Å²) in [7, 11) is 0. The molecule has 0 spiro atoms. The zero-order valence-electron chi connectivity index (χ0n) is 51.3. The highest BCUT2D eigenvalue weighted by Crippen LogP contribution is 2.19. The van der Waals surface area contributed by atoms with Gasteiger partial charge in [-0.3, -0.25) is 28.8 Å². The third-order valence-corrected chi connectivity index (χ3v) is 12.8. The smallest absolute Gasteiger partial charge is 0.329 e. The highest BCUT2D eigenvalue weighted by Gasteiger charge is 2.32. The van der Waals surface area contributed by atoms with Gasteiger partial charge in [-0.25, -0.2) is 14.4 Å². The Kier molecular flexibility index (Phi) is 31.0. The minimum absolute atomic E-state index is 0.0280. The van der Waals surface area contributed by atoms with Crippen LogP contribution in [0.15, 0.2) is 84.0 Å². The van der Waals surface area contributed by atoms with E-state index >= 15 is 0 Å². The van der Waals surface area contributed by atoms with Gasteiger partial charge in [-0.2, -0.15) is 0 Å². The van der Waals surface area contributed by atoms with E-state index in [0.29, 0.717) is 55.7 Å². The molecule has 0 radical (unpaired) electrons. The summed E-state index contributed by atoms with van der Waals surface area (Å²) in [5.74, 6) is -4.21. The molecular formula is C62H89ClN10O13. The zero-order chi connectivity index (χ0) is 63.9. The quantitative estimate of drug-likeness (QED) is 0.00731. The first-order valence-electron chi connectivity index (χ1n) is 29.2. The zero-order valence-corrected chi connectivity index (χ0v) is 52.0. The monoisotopic (exact) mass is 1220 g/mol. The number of benzene rings is 3. The first-order valence-corrected chi connectivity index (χ1v) is 29.6. The number of rotatable bonds is 35. The summed E-state index contributed by atoms with van der Waals surface area (Å²) in [5.41, 5.74) is 8.26. The summed E-state index contributed by atoms with van der Waals surface area (Å²) in [6, 6.07) is 16.8. The van der Waals surface area contributed by atoms with Gasteiger partial charge in [-0.1, -0.05) is 77.7 Å². The van der Waals surface area contributed by atoms with Gasteiger partial charge in [-0.15, -0.1) is 0 Å². The van der Waals surface area contributed by atoms with Crippen LogP contribution in [-0.4, -0.2) is 131 Å². The van der Waals surface area contributed by atoms with Crippen LogP contribution >= 0.6 is 11.6 Å². The van der Waals surface area contributed by atoms with Gasteiger partial charge in [0.2, 0.25) is 29.5 Å². The van der Waals surface area contributed by atoms with Gasteiger partial charge in [0, 0.05) is 81.2 Å². The molecule has 0 saturated carbocycles. The minimum atomic E-state index is -1.25. The fourth-order valence-electron chi connectivity index (χ4n) is 8.49. The average molecular weight is 1220 g/mol. The highest BCUT2D eigenvalue weighted by atomic mass is 35.5.